The number of carboxylic acids is 1. The third-order valence-corrected chi connectivity index (χ3v) is 5.19. The molecule has 0 radical (unpaired) electrons. The van der Waals surface area contributed by atoms with Crippen molar-refractivity contribution in [3.05, 3.63) is 112 Å². The van der Waals surface area contributed by atoms with Crippen LogP contribution in [0.3, 0.4) is 0 Å². The molecule has 5 heteroatoms. The number of carboxylic acid groups (broad SMARTS) is 1. The highest BCUT2D eigenvalue weighted by atomic mass is 35.5. The maximum Gasteiger partial charge on any atom is 0.335 e. The molecule has 3 aromatic rings. The van der Waals surface area contributed by atoms with Gasteiger partial charge >= 0.3 is 5.97 Å². The van der Waals surface area contributed by atoms with Gasteiger partial charge in [0.2, 0.25) is 0 Å². The SMILES string of the molecule is Cc1ccc(C(=O)O)cc1N1C(=O)/C(=C/c2ccccc2)C=C1c1ccc(Cl)cc1. The molecule has 148 valence electrons. The summed E-state index contributed by atoms with van der Waals surface area (Å²) in [5, 5.41) is 10.0. The maximum atomic E-state index is 13.4. The van der Waals surface area contributed by atoms with E-state index in [1.54, 1.807) is 23.1 Å². The fourth-order valence-corrected chi connectivity index (χ4v) is 3.53. The Morgan fingerprint density at radius 2 is 1.70 bits per heavy atom. The first-order chi connectivity index (χ1) is 14.4. The molecule has 1 aliphatic heterocycles. The molecule has 0 spiro atoms. The van der Waals surface area contributed by atoms with Gasteiger partial charge in [-0.1, -0.05) is 60.1 Å². The quantitative estimate of drug-likeness (QED) is 0.546. The van der Waals surface area contributed by atoms with Crippen LogP contribution in [0.25, 0.3) is 11.8 Å². The van der Waals surface area contributed by atoms with Gasteiger partial charge in [-0.15, -0.1) is 0 Å². The summed E-state index contributed by atoms with van der Waals surface area (Å²) in [6.45, 7) is 1.85. The van der Waals surface area contributed by atoms with Crippen molar-refractivity contribution in [1.29, 1.82) is 0 Å². The van der Waals surface area contributed by atoms with Gasteiger partial charge in [0.1, 0.15) is 0 Å². The van der Waals surface area contributed by atoms with Gasteiger partial charge < -0.3 is 5.11 Å². The molecular formula is C25H18ClNO3. The van der Waals surface area contributed by atoms with E-state index in [0.717, 1.165) is 16.7 Å². The van der Waals surface area contributed by atoms with Crippen LogP contribution in [0, 0.1) is 6.92 Å². The summed E-state index contributed by atoms with van der Waals surface area (Å²) < 4.78 is 0. The van der Waals surface area contributed by atoms with E-state index in [0.29, 0.717) is 22.0 Å². The Kier molecular flexibility index (Phi) is 5.25. The smallest absolute Gasteiger partial charge is 0.335 e. The van der Waals surface area contributed by atoms with Gasteiger partial charge in [0.25, 0.3) is 5.91 Å². The Hall–Kier alpha value is -3.63. The van der Waals surface area contributed by atoms with Crippen LogP contribution in [-0.2, 0) is 4.79 Å². The average Bonchev–Trinajstić information content (AvgIpc) is 3.05. The summed E-state index contributed by atoms with van der Waals surface area (Å²) in [7, 11) is 0. The largest absolute Gasteiger partial charge is 0.478 e. The van der Waals surface area contributed by atoms with Crippen molar-refractivity contribution in [3.63, 3.8) is 0 Å². The van der Waals surface area contributed by atoms with Crippen molar-refractivity contribution < 1.29 is 14.7 Å². The average molecular weight is 416 g/mol. The monoisotopic (exact) mass is 415 g/mol. The van der Waals surface area contributed by atoms with Gasteiger partial charge in [0.15, 0.2) is 0 Å². The second-order valence-corrected chi connectivity index (χ2v) is 7.43. The normalized spacial score (nSPS) is 14.9. The van der Waals surface area contributed by atoms with Crippen LogP contribution in [0.2, 0.25) is 5.02 Å². The highest BCUT2D eigenvalue weighted by molar-refractivity contribution is 6.30. The second kappa shape index (κ2) is 8.01. The number of amides is 1. The molecule has 3 aromatic carbocycles. The van der Waals surface area contributed by atoms with Gasteiger partial charge in [0.05, 0.1) is 16.9 Å². The summed E-state index contributed by atoms with van der Waals surface area (Å²) in [6.07, 6.45) is 3.65. The van der Waals surface area contributed by atoms with Crippen molar-refractivity contribution >= 4 is 40.9 Å². The molecule has 1 amide bonds. The van der Waals surface area contributed by atoms with Crippen molar-refractivity contribution in [3.8, 4) is 0 Å². The highest BCUT2D eigenvalue weighted by Crippen LogP contribution is 2.37. The molecule has 0 unspecified atom stereocenters. The molecule has 0 atom stereocenters. The first-order valence-electron chi connectivity index (χ1n) is 9.37. The van der Waals surface area contributed by atoms with Crippen LogP contribution >= 0.6 is 11.6 Å². The molecule has 1 aliphatic rings. The fourth-order valence-electron chi connectivity index (χ4n) is 3.40. The minimum atomic E-state index is -1.04. The van der Waals surface area contributed by atoms with E-state index in [1.165, 1.54) is 12.1 Å². The van der Waals surface area contributed by atoms with Crippen LogP contribution in [0.1, 0.15) is 27.0 Å². The number of hydrogen-bond acceptors (Lipinski definition) is 2. The zero-order chi connectivity index (χ0) is 21.3. The maximum absolute atomic E-state index is 13.4. The Morgan fingerprint density at radius 3 is 2.37 bits per heavy atom. The number of carbonyl (C=O) groups excluding carboxylic acids is 1. The number of nitrogens with zero attached hydrogens (tertiary/aromatic N) is 1. The fraction of sp³-hybridized carbons (Fsp3) is 0.0400. The molecule has 0 aliphatic carbocycles. The molecule has 0 fully saturated rings. The summed E-state index contributed by atoms with van der Waals surface area (Å²) in [5.74, 6) is -1.26. The summed E-state index contributed by atoms with van der Waals surface area (Å²) in [5.41, 5.74) is 4.37. The van der Waals surface area contributed by atoms with Crippen LogP contribution in [0.5, 0.6) is 0 Å². The van der Waals surface area contributed by atoms with E-state index in [1.807, 2.05) is 61.5 Å². The molecular weight excluding hydrogens is 398 g/mol. The summed E-state index contributed by atoms with van der Waals surface area (Å²) in [4.78, 5) is 26.5. The third-order valence-electron chi connectivity index (χ3n) is 4.94. The molecule has 0 saturated carbocycles. The number of aromatic carboxylic acids is 1. The zero-order valence-corrected chi connectivity index (χ0v) is 16.9. The van der Waals surface area contributed by atoms with Crippen molar-refractivity contribution in [1.82, 2.24) is 0 Å². The Bertz CT molecular complexity index is 1190. The predicted octanol–water partition coefficient (Wildman–Crippen LogP) is 5.82. The van der Waals surface area contributed by atoms with E-state index in [-0.39, 0.29) is 11.5 Å². The first-order valence-corrected chi connectivity index (χ1v) is 9.74. The summed E-state index contributed by atoms with van der Waals surface area (Å²) in [6, 6.07) is 21.6. The van der Waals surface area contributed by atoms with Crippen molar-refractivity contribution in [2.75, 3.05) is 4.90 Å². The molecule has 0 saturated heterocycles. The number of carbonyl (C=O) groups is 2. The number of halogens is 1. The van der Waals surface area contributed by atoms with Crippen LogP contribution in [0.4, 0.5) is 5.69 Å². The van der Waals surface area contributed by atoms with E-state index >= 15 is 0 Å². The number of rotatable bonds is 4. The molecule has 30 heavy (non-hydrogen) atoms. The lowest BCUT2D eigenvalue weighted by Crippen LogP contribution is -2.26. The van der Waals surface area contributed by atoms with Gasteiger partial charge in [-0.05, 0) is 60.0 Å². The Balaban J connectivity index is 1.88. The molecule has 4 rings (SSSR count). The summed E-state index contributed by atoms with van der Waals surface area (Å²) >= 11 is 6.04. The minimum Gasteiger partial charge on any atom is -0.478 e. The molecule has 4 nitrogen and oxygen atoms in total. The Labute approximate surface area is 179 Å². The molecule has 1 N–H and O–H groups in total. The minimum absolute atomic E-state index is 0.124. The predicted molar refractivity (Wildman–Crippen MR) is 119 cm³/mol. The standard InChI is InChI=1S/C25H18ClNO3/c1-16-7-8-19(25(29)30)14-22(16)27-23(18-9-11-21(26)12-10-18)15-20(24(27)28)13-17-5-3-2-4-6-17/h2-15H,1H3,(H,29,30)/b20-13+. The van der Waals surface area contributed by atoms with Gasteiger partial charge in [-0.2, -0.15) is 0 Å². The van der Waals surface area contributed by atoms with E-state index in [4.69, 9.17) is 11.6 Å². The van der Waals surface area contributed by atoms with Gasteiger partial charge in [-0.3, -0.25) is 9.69 Å². The third kappa shape index (κ3) is 3.78. The molecule has 0 bridgehead atoms. The van der Waals surface area contributed by atoms with Crippen LogP contribution < -0.4 is 4.90 Å². The lowest BCUT2D eigenvalue weighted by Gasteiger charge is -2.23. The van der Waals surface area contributed by atoms with Gasteiger partial charge in [-0.25, -0.2) is 4.79 Å². The van der Waals surface area contributed by atoms with Crippen LogP contribution in [0.15, 0.2) is 84.4 Å². The number of aryl methyl sites for hydroxylation is 1. The van der Waals surface area contributed by atoms with Gasteiger partial charge in [0, 0.05) is 10.6 Å². The number of anilines is 1. The van der Waals surface area contributed by atoms with Crippen LogP contribution in [-0.4, -0.2) is 17.0 Å². The topological polar surface area (TPSA) is 57.6 Å². The molecule has 0 aromatic heterocycles. The zero-order valence-electron chi connectivity index (χ0n) is 16.2. The Morgan fingerprint density at radius 1 is 1.00 bits per heavy atom. The van der Waals surface area contributed by atoms with E-state index in [9.17, 15) is 14.7 Å². The van der Waals surface area contributed by atoms with Crippen molar-refractivity contribution in [2.45, 2.75) is 6.92 Å². The number of hydrogen-bond donors (Lipinski definition) is 1. The van der Waals surface area contributed by atoms with E-state index < -0.39 is 5.97 Å². The lowest BCUT2D eigenvalue weighted by molar-refractivity contribution is -0.113. The van der Waals surface area contributed by atoms with Crippen molar-refractivity contribution in [2.24, 2.45) is 0 Å². The molecule has 1 heterocycles. The second-order valence-electron chi connectivity index (χ2n) is 6.99. The first kappa shape index (κ1) is 19.7. The number of benzene rings is 3. The lowest BCUT2D eigenvalue weighted by atomic mass is 10.1. The van der Waals surface area contributed by atoms with E-state index in [2.05, 4.69) is 0 Å². The highest BCUT2D eigenvalue weighted by Gasteiger charge is 2.31.